The Kier molecular flexibility index (Phi) is 4.80. The molecule has 94 valence electrons. The van der Waals surface area contributed by atoms with Crippen LogP contribution in [0.4, 0.5) is 0 Å². The molecule has 0 saturated heterocycles. The number of esters is 1. The average molecular weight is 297 g/mol. The third-order valence-corrected chi connectivity index (χ3v) is 4.63. The maximum Gasteiger partial charge on any atom is 0.340 e. The van der Waals surface area contributed by atoms with Crippen LogP contribution in [-0.4, -0.2) is 25.7 Å². The molecule has 4 nitrogen and oxygen atoms in total. The van der Waals surface area contributed by atoms with E-state index in [4.69, 9.17) is 23.2 Å². The molecule has 0 radical (unpaired) electrons. The summed E-state index contributed by atoms with van der Waals surface area (Å²) in [7, 11) is -3.98. The lowest BCUT2D eigenvalue weighted by atomic mass is 10.4. The Morgan fingerprint density at radius 2 is 2.12 bits per heavy atom. The number of halogens is 2. The first-order valence-corrected chi connectivity index (χ1v) is 7.06. The fraction of sp³-hybridized carbons (Fsp3) is 0.300. The number of hydrogen-bond acceptors (Lipinski definition) is 4. The number of carbonyl (C=O) groups excluding carboxylic acids is 1. The summed E-state index contributed by atoms with van der Waals surface area (Å²) >= 11 is 11.3. The van der Waals surface area contributed by atoms with E-state index in [0.29, 0.717) is 0 Å². The zero-order chi connectivity index (χ0) is 13.1. The van der Waals surface area contributed by atoms with Gasteiger partial charge in [-0.05, 0) is 25.1 Å². The number of hydrogen-bond donors (Lipinski definition) is 0. The quantitative estimate of drug-likeness (QED) is 0.631. The molecular weight excluding hydrogens is 287 g/mol. The number of ether oxygens (including phenoxy) is 1. The van der Waals surface area contributed by atoms with Crippen molar-refractivity contribution in [2.75, 3.05) is 6.61 Å². The Labute approximate surface area is 109 Å². The Morgan fingerprint density at radius 3 is 2.65 bits per heavy atom. The van der Waals surface area contributed by atoms with Crippen molar-refractivity contribution in [2.45, 2.75) is 16.5 Å². The maximum atomic E-state index is 11.9. The molecular formula is C10H10Cl2O4S. The standard InChI is InChI=1S/C10H10Cl2O4S/c1-2-16-10(13)9(12)17(14,15)8-5-3-4-7(11)6-8/h3-6,9H,2H2,1H3. The molecule has 0 heterocycles. The van der Waals surface area contributed by atoms with E-state index in [2.05, 4.69) is 4.74 Å². The first-order valence-electron chi connectivity index (χ1n) is 4.69. The van der Waals surface area contributed by atoms with E-state index in [0.717, 1.165) is 0 Å². The zero-order valence-electron chi connectivity index (χ0n) is 8.89. The van der Waals surface area contributed by atoms with E-state index in [1.165, 1.54) is 24.3 Å². The van der Waals surface area contributed by atoms with Crippen LogP contribution < -0.4 is 0 Å². The lowest BCUT2D eigenvalue weighted by Gasteiger charge is -2.10. The van der Waals surface area contributed by atoms with Crippen molar-refractivity contribution >= 4 is 39.0 Å². The predicted molar refractivity (Wildman–Crippen MR) is 64.9 cm³/mol. The molecule has 1 aromatic carbocycles. The number of alkyl halides is 1. The Balaban J connectivity index is 3.07. The fourth-order valence-corrected chi connectivity index (χ4v) is 2.84. The molecule has 0 aliphatic carbocycles. The van der Waals surface area contributed by atoms with E-state index in [9.17, 15) is 13.2 Å². The predicted octanol–water partition coefficient (Wildman–Crippen LogP) is 2.24. The molecule has 0 saturated carbocycles. The molecule has 0 aromatic heterocycles. The number of carbonyl (C=O) groups is 1. The van der Waals surface area contributed by atoms with Crippen LogP contribution in [0.3, 0.4) is 0 Å². The van der Waals surface area contributed by atoms with Gasteiger partial charge in [-0.25, -0.2) is 13.2 Å². The first kappa shape index (κ1) is 14.3. The second kappa shape index (κ2) is 5.71. The van der Waals surface area contributed by atoms with Crippen LogP contribution in [0.5, 0.6) is 0 Å². The largest absolute Gasteiger partial charge is 0.464 e. The van der Waals surface area contributed by atoms with Crippen molar-refractivity contribution < 1.29 is 17.9 Å². The SMILES string of the molecule is CCOC(=O)C(Cl)S(=O)(=O)c1cccc(Cl)c1. The Morgan fingerprint density at radius 1 is 1.47 bits per heavy atom. The van der Waals surface area contributed by atoms with Crippen LogP contribution in [-0.2, 0) is 19.4 Å². The van der Waals surface area contributed by atoms with Gasteiger partial charge in [0.25, 0.3) is 0 Å². The van der Waals surface area contributed by atoms with Gasteiger partial charge >= 0.3 is 5.97 Å². The summed E-state index contributed by atoms with van der Waals surface area (Å²) < 4.78 is 26.6. The van der Waals surface area contributed by atoms with Crippen LogP contribution in [0.15, 0.2) is 29.2 Å². The van der Waals surface area contributed by atoms with Gasteiger partial charge in [0.15, 0.2) is 0 Å². The Bertz CT molecular complexity index is 513. The number of rotatable bonds is 4. The van der Waals surface area contributed by atoms with E-state index in [-0.39, 0.29) is 16.5 Å². The maximum absolute atomic E-state index is 11.9. The molecule has 1 aromatic rings. The van der Waals surface area contributed by atoms with Gasteiger partial charge in [-0.15, -0.1) is 0 Å². The smallest absolute Gasteiger partial charge is 0.340 e. The molecule has 0 spiro atoms. The van der Waals surface area contributed by atoms with Gasteiger partial charge in [0.2, 0.25) is 14.5 Å². The van der Waals surface area contributed by atoms with Crippen molar-refractivity contribution in [2.24, 2.45) is 0 Å². The van der Waals surface area contributed by atoms with E-state index in [1.807, 2.05) is 0 Å². The minimum Gasteiger partial charge on any atom is -0.464 e. The lowest BCUT2D eigenvalue weighted by molar-refractivity contribution is -0.140. The van der Waals surface area contributed by atoms with Crippen LogP contribution in [0.1, 0.15) is 6.92 Å². The third-order valence-electron chi connectivity index (χ3n) is 1.87. The normalized spacial score (nSPS) is 13.1. The minimum atomic E-state index is -3.98. The van der Waals surface area contributed by atoms with Gasteiger partial charge in [0, 0.05) is 5.02 Å². The van der Waals surface area contributed by atoms with Crippen LogP contribution in [0.2, 0.25) is 5.02 Å². The van der Waals surface area contributed by atoms with Gasteiger partial charge < -0.3 is 4.74 Å². The highest BCUT2D eigenvalue weighted by molar-refractivity contribution is 7.94. The highest BCUT2D eigenvalue weighted by Gasteiger charge is 2.33. The molecule has 0 aliphatic heterocycles. The van der Waals surface area contributed by atoms with Crippen molar-refractivity contribution in [3.8, 4) is 0 Å². The summed E-state index contributed by atoms with van der Waals surface area (Å²) in [5.41, 5.74) is 0. The number of sulfone groups is 1. The van der Waals surface area contributed by atoms with E-state index in [1.54, 1.807) is 6.92 Å². The van der Waals surface area contributed by atoms with Crippen molar-refractivity contribution in [3.05, 3.63) is 29.3 Å². The van der Waals surface area contributed by atoms with Crippen LogP contribution in [0, 0.1) is 0 Å². The van der Waals surface area contributed by atoms with Crippen molar-refractivity contribution in [1.29, 1.82) is 0 Å². The molecule has 0 bridgehead atoms. The molecule has 1 rings (SSSR count). The zero-order valence-corrected chi connectivity index (χ0v) is 11.2. The highest BCUT2D eigenvalue weighted by atomic mass is 35.5. The molecule has 0 fully saturated rings. The van der Waals surface area contributed by atoms with Gasteiger partial charge in [-0.1, -0.05) is 29.3 Å². The number of benzene rings is 1. The second-order valence-electron chi connectivity index (χ2n) is 3.07. The van der Waals surface area contributed by atoms with Crippen molar-refractivity contribution in [1.82, 2.24) is 0 Å². The topological polar surface area (TPSA) is 60.4 Å². The Hall–Kier alpha value is -0.780. The summed E-state index contributed by atoms with van der Waals surface area (Å²) in [5, 5.41) is 0.249. The molecule has 17 heavy (non-hydrogen) atoms. The van der Waals surface area contributed by atoms with Gasteiger partial charge in [0.1, 0.15) is 0 Å². The second-order valence-corrected chi connectivity index (χ2v) is 6.23. The lowest BCUT2D eigenvalue weighted by Crippen LogP contribution is -2.27. The summed E-state index contributed by atoms with van der Waals surface area (Å²) in [4.78, 5) is 11.2. The monoisotopic (exact) mass is 296 g/mol. The molecule has 7 heteroatoms. The van der Waals surface area contributed by atoms with Gasteiger partial charge in [-0.3, -0.25) is 0 Å². The average Bonchev–Trinajstić information content (AvgIpc) is 2.28. The third kappa shape index (κ3) is 3.34. The van der Waals surface area contributed by atoms with Crippen LogP contribution in [0.25, 0.3) is 0 Å². The summed E-state index contributed by atoms with van der Waals surface area (Å²) in [6.07, 6.45) is 0. The summed E-state index contributed by atoms with van der Waals surface area (Å²) in [6.45, 7) is 1.63. The molecule has 1 atom stereocenters. The van der Waals surface area contributed by atoms with Crippen molar-refractivity contribution in [3.63, 3.8) is 0 Å². The molecule has 0 amide bonds. The van der Waals surface area contributed by atoms with Crippen LogP contribution >= 0.6 is 23.2 Å². The highest BCUT2D eigenvalue weighted by Crippen LogP contribution is 2.22. The molecule has 0 N–H and O–H groups in total. The molecule has 0 aliphatic rings. The first-order chi connectivity index (χ1) is 7.89. The van der Waals surface area contributed by atoms with E-state index >= 15 is 0 Å². The van der Waals surface area contributed by atoms with E-state index < -0.39 is 20.5 Å². The fourth-order valence-electron chi connectivity index (χ4n) is 1.10. The molecule has 1 unspecified atom stereocenters. The minimum absolute atomic E-state index is 0.0626. The van der Waals surface area contributed by atoms with Gasteiger partial charge in [-0.2, -0.15) is 0 Å². The summed E-state index contributed by atoms with van der Waals surface area (Å²) in [6, 6.07) is 5.53. The van der Waals surface area contributed by atoms with Gasteiger partial charge in [0.05, 0.1) is 11.5 Å². The summed E-state index contributed by atoms with van der Waals surface area (Å²) in [5.74, 6) is -0.992.